The third-order valence-corrected chi connectivity index (χ3v) is 3.52. The van der Waals surface area contributed by atoms with E-state index in [1.54, 1.807) is 0 Å². The number of nitrogens with zero attached hydrogens (tertiary/aromatic N) is 1. The van der Waals surface area contributed by atoms with Gasteiger partial charge in [0.15, 0.2) is 0 Å². The van der Waals surface area contributed by atoms with Gasteiger partial charge in [-0.25, -0.2) is 0 Å². The fourth-order valence-electron chi connectivity index (χ4n) is 2.07. The van der Waals surface area contributed by atoms with E-state index >= 15 is 0 Å². The van der Waals surface area contributed by atoms with Crippen molar-refractivity contribution in [1.29, 1.82) is 0 Å². The van der Waals surface area contributed by atoms with E-state index in [0.717, 1.165) is 13.0 Å². The maximum Gasteiger partial charge on any atom is 0.270 e. The summed E-state index contributed by atoms with van der Waals surface area (Å²) < 4.78 is 0. The van der Waals surface area contributed by atoms with Gasteiger partial charge in [-0.15, -0.1) is 0 Å². The topological polar surface area (TPSA) is 84.3 Å². The molecule has 1 aromatic rings. The molecule has 1 heterocycles. The lowest BCUT2D eigenvalue weighted by molar-refractivity contribution is -0.384. The molecule has 1 aliphatic heterocycles. The summed E-state index contributed by atoms with van der Waals surface area (Å²) >= 11 is 5.93. The Morgan fingerprint density at radius 2 is 2.32 bits per heavy atom. The molecule has 0 aromatic heterocycles. The molecular formula is C12H14ClN3O3. The van der Waals surface area contributed by atoms with Crippen LogP contribution in [0.25, 0.3) is 0 Å². The lowest BCUT2D eigenvalue weighted by atomic mass is 10.0. The third-order valence-electron chi connectivity index (χ3n) is 3.19. The van der Waals surface area contributed by atoms with Crippen molar-refractivity contribution in [2.75, 3.05) is 13.1 Å². The summed E-state index contributed by atoms with van der Waals surface area (Å²) in [7, 11) is 0. The molecule has 19 heavy (non-hydrogen) atoms. The molecule has 102 valence electrons. The van der Waals surface area contributed by atoms with Gasteiger partial charge in [-0.2, -0.15) is 0 Å². The van der Waals surface area contributed by atoms with Gasteiger partial charge >= 0.3 is 0 Å². The minimum absolute atomic E-state index is 0.129. The summed E-state index contributed by atoms with van der Waals surface area (Å²) in [6.45, 7) is 3.43. The van der Waals surface area contributed by atoms with Crippen LogP contribution in [-0.4, -0.2) is 29.5 Å². The zero-order valence-corrected chi connectivity index (χ0v) is 11.2. The van der Waals surface area contributed by atoms with Crippen LogP contribution in [0.1, 0.15) is 23.7 Å². The highest BCUT2D eigenvalue weighted by Crippen LogP contribution is 2.23. The van der Waals surface area contributed by atoms with E-state index in [0.29, 0.717) is 6.54 Å². The molecule has 1 saturated heterocycles. The third kappa shape index (κ3) is 3.02. The van der Waals surface area contributed by atoms with Crippen LogP contribution < -0.4 is 10.6 Å². The number of halogens is 1. The molecule has 0 saturated carbocycles. The van der Waals surface area contributed by atoms with Gasteiger partial charge in [-0.05, 0) is 26.0 Å². The van der Waals surface area contributed by atoms with E-state index < -0.39 is 4.92 Å². The summed E-state index contributed by atoms with van der Waals surface area (Å²) in [5, 5.41) is 16.9. The molecule has 1 atom stereocenters. The number of nitro benzene ring substituents is 1. The lowest BCUT2D eigenvalue weighted by Gasteiger charge is -2.24. The minimum atomic E-state index is -0.550. The van der Waals surface area contributed by atoms with Crippen molar-refractivity contribution in [3.8, 4) is 0 Å². The predicted octanol–water partition coefficient (Wildman–Crippen LogP) is 1.73. The average Bonchev–Trinajstić information content (AvgIpc) is 2.75. The molecule has 1 aromatic carbocycles. The van der Waals surface area contributed by atoms with Gasteiger partial charge in [0.05, 0.1) is 21.0 Å². The van der Waals surface area contributed by atoms with Gasteiger partial charge in [0, 0.05) is 18.7 Å². The summed E-state index contributed by atoms with van der Waals surface area (Å²) in [5.74, 6) is -0.389. The number of carbonyl (C=O) groups excluding carboxylic acids is 1. The maximum atomic E-state index is 12.2. The van der Waals surface area contributed by atoms with E-state index in [1.807, 2.05) is 6.92 Å². The predicted molar refractivity (Wildman–Crippen MR) is 71.5 cm³/mol. The first-order valence-electron chi connectivity index (χ1n) is 5.88. The second-order valence-corrected chi connectivity index (χ2v) is 5.27. The number of rotatable bonds is 3. The monoisotopic (exact) mass is 283 g/mol. The minimum Gasteiger partial charge on any atom is -0.346 e. The van der Waals surface area contributed by atoms with Crippen LogP contribution in [-0.2, 0) is 0 Å². The largest absolute Gasteiger partial charge is 0.346 e. The molecule has 1 aliphatic rings. The smallest absolute Gasteiger partial charge is 0.270 e. The van der Waals surface area contributed by atoms with Crippen molar-refractivity contribution < 1.29 is 9.72 Å². The number of amides is 1. The molecule has 2 rings (SSSR count). The highest BCUT2D eigenvalue weighted by Gasteiger charge is 2.31. The Bertz CT molecular complexity index is 527. The fourth-order valence-corrected chi connectivity index (χ4v) is 2.27. The van der Waals surface area contributed by atoms with Crippen LogP contribution in [0.2, 0.25) is 5.02 Å². The van der Waals surface area contributed by atoms with Crippen LogP contribution in [0.3, 0.4) is 0 Å². The second-order valence-electron chi connectivity index (χ2n) is 4.86. The van der Waals surface area contributed by atoms with Crippen molar-refractivity contribution in [2.45, 2.75) is 18.9 Å². The summed E-state index contributed by atoms with van der Waals surface area (Å²) in [5.41, 5.74) is -0.362. The van der Waals surface area contributed by atoms with Gasteiger partial charge in [-0.3, -0.25) is 14.9 Å². The molecule has 1 fully saturated rings. The Morgan fingerprint density at radius 3 is 2.89 bits per heavy atom. The van der Waals surface area contributed by atoms with E-state index in [9.17, 15) is 14.9 Å². The van der Waals surface area contributed by atoms with Crippen molar-refractivity contribution in [1.82, 2.24) is 10.6 Å². The van der Waals surface area contributed by atoms with E-state index in [4.69, 9.17) is 11.6 Å². The Labute approximate surface area is 115 Å². The Morgan fingerprint density at radius 1 is 1.58 bits per heavy atom. The van der Waals surface area contributed by atoms with Crippen LogP contribution >= 0.6 is 11.6 Å². The van der Waals surface area contributed by atoms with Crippen LogP contribution in [0.15, 0.2) is 18.2 Å². The van der Waals surface area contributed by atoms with Gasteiger partial charge in [-0.1, -0.05) is 11.6 Å². The summed E-state index contributed by atoms with van der Waals surface area (Å²) in [6, 6.07) is 3.84. The average molecular weight is 284 g/mol. The molecule has 2 N–H and O–H groups in total. The molecule has 0 bridgehead atoms. The highest BCUT2D eigenvalue weighted by molar-refractivity contribution is 6.34. The Balaban J connectivity index is 2.23. The number of hydrogen-bond donors (Lipinski definition) is 2. The van der Waals surface area contributed by atoms with Crippen molar-refractivity contribution in [3.05, 3.63) is 38.9 Å². The van der Waals surface area contributed by atoms with Crippen molar-refractivity contribution >= 4 is 23.2 Å². The maximum absolute atomic E-state index is 12.2. The first-order chi connectivity index (χ1) is 8.91. The zero-order valence-electron chi connectivity index (χ0n) is 10.4. The summed E-state index contributed by atoms with van der Waals surface area (Å²) in [6.07, 6.45) is 0.811. The Kier molecular flexibility index (Phi) is 3.73. The number of nitrogens with one attached hydrogen (secondary N) is 2. The molecule has 1 amide bonds. The first kappa shape index (κ1) is 13.8. The Hall–Kier alpha value is -1.66. The SMILES string of the molecule is CC1(NC(=O)c2cc([N+](=O)[O-])ccc2Cl)CCNC1. The zero-order chi connectivity index (χ0) is 14.0. The molecule has 0 aliphatic carbocycles. The normalized spacial score (nSPS) is 22.2. The molecule has 6 nitrogen and oxygen atoms in total. The van der Waals surface area contributed by atoms with E-state index in [-0.39, 0.29) is 27.7 Å². The highest BCUT2D eigenvalue weighted by atomic mass is 35.5. The van der Waals surface area contributed by atoms with Crippen molar-refractivity contribution in [3.63, 3.8) is 0 Å². The summed E-state index contributed by atoms with van der Waals surface area (Å²) in [4.78, 5) is 22.3. The van der Waals surface area contributed by atoms with E-state index in [1.165, 1.54) is 18.2 Å². The lowest BCUT2D eigenvalue weighted by Crippen LogP contribution is -2.47. The molecule has 0 radical (unpaired) electrons. The molecule has 0 spiro atoms. The molecular weight excluding hydrogens is 270 g/mol. The number of non-ortho nitro benzene ring substituents is 1. The van der Waals surface area contributed by atoms with Crippen LogP contribution in [0, 0.1) is 10.1 Å². The van der Waals surface area contributed by atoms with Gasteiger partial charge in [0.25, 0.3) is 11.6 Å². The van der Waals surface area contributed by atoms with E-state index in [2.05, 4.69) is 10.6 Å². The fraction of sp³-hybridized carbons (Fsp3) is 0.417. The second kappa shape index (κ2) is 5.14. The number of hydrogen-bond acceptors (Lipinski definition) is 4. The molecule has 1 unspecified atom stereocenters. The molecule has 7 heteroatoms. The van der Waals surface area contributed by atoms with Crippen molar-refractivity contribution in [2.24, 2.45) is 0 Å². The van der Waals surface area contributed by atoms with Gasteiger partial charge in [0.2, 0.25) is 0 Å². The first-order valence-corrected chi connectivity index (χ1v) is 6.26. The number of benzene rings is 1. The standard InChI is InChI=1S/C12H14ClN3O3/c1-12(4-5-14-7-12)15-11(17)9-6-8(16(18)19)2-3-10(9)13/h2-3,6,14H,4-5,7H2,1H3,(H,15,17). The van der Waals surface area contributed by atoms with Crippen LogP contribution in [0.4, 0.5) is 5.69 Å². The van der Waals surface area contributed by atoms with Crippen LogP contribution in [0.5, 0.6) is 0 Å². The number of nitro groups is 1. The quantitative estimate of drug-likeness (QED) is 0.653. The van der Waals surface area contributed by atoms with Gasteiger partial charge < -0.3 is 10.6 Å². The van der Waals surface area contributed by atoms with Gasteiger partial charge in [0.1, 0.15) is 0 Å². The number of carbonyl (C=O) groups is 1.